The Balaban J connectivity index is 3.42. The minimum Gasteiger partial charge on any atom is -0.466 e. The average molecular weight is 1180 g/mol. The molecule has 84 heavy (non-hydrogen) atoms. The number of allylic oxidation sites excluding steroid dienone is 7. The second-order valence-electron chi connectivity index (χ2n) is 26.0. The van der Waals surface area contributed by atoms with E-state index in [-0.39, 0.29) is 18.5 Å². The Bertz CT molecular complexity index is 1400. The molecule has 0 fully saturated rings. The molecule has 0 spiro atoms. The number of hydrogen-bond donors (Lipinski definition) is 3. The van der Waals surface area contributed by atoms with E-state index in [1.54, 1.807) is 6.08 Å². The van der Waals surface area contributed by atoms with Gasteiger partial charge in [-0.25, -0.2) is 0 Å². The van der Waals surface area contributed by atoms with Crippen molar-refractivity contribution < 1.29 is 24.5 Å². The Morgan fingerprint density at radius 2 is 0.595 bits per heavy atom. The van der Waals surface area contributed by atoms with Crippen LogP contribution in [0.4, 0.5) is 0 Å². The van der Waals surface area contributed by atoms with E-state index in [1.807, 2.05) is 6.08 Å². The molecule has 0 saturated carbocycles. The molecule has 0 aliphatic rings. The summed E-state index contributed by atoms with van der Waals surface area (Å²) in [6, 6.07) is -0.631. The van der Waals surface area contributed by atoms with Crippen molar-refractivity contribution in [2.24, 2.45) is 0 Å². The van der Waals surface area contributed by atoms with E-state index in [0.717, 1.165) is 51.4 Å². The van der Waals surface area contributed by atoms with Gasteiger partial charge in [0.1, 0.15) is 0 Å². The minimum atomic E-state index is -0.847. The summed E-state index contributed by atoms with van der Waals surface area (Å²) in [6.07, 6.45) is 96.4. The van der Waals surface area contributed by atoms with Gasteiger partial charge >= 0.3 is 5.97 Å². The summed E-state index contributed by atoms with van der Waals surface area (Å²) >= 11 is 0. The molecule has 494 valence electrons. The van der Waals surface area contributed by atoms with Gasteiger partial charge in [-0.3, -0.25) is 9.59 Å². The lowest BCUT2D eigenvalue weighted by atomic mass is 10.0. The zero-order valence-electron chi connectivity index (χ0n) is 56.6. The van der Waals surface area contributed by atoms with Crippen molar-refractivity contribution in [2.75, 3.05) is 13.2 Å². The maximum Gasteiger partial charge on any atom is 0.305 e. The van der Waals surface area contributed by atoms with E-state index in [4.69, 9.17) is 4.74 Å². The van der Waals surface area contributed by atoms with Crippen LogP contribution in [0.25, 0.3) is 0 Å². The molecule has 0 aromatic rings. The van der Waals surface area contributed by atoms with Crippen LogP contribution in [-0.4, -0.2) is 47.4 Å². The van der Waals surface area contributed by atoms with Gasteiger partial charge in [0.2, 0.25) is 5.91 Å². The summed E-state index contributed by atoms with van der Waals surface area (Å²) in [6.45, 7) is 4.93. The molecule has 0 aliphatic carbocycles. The minimum absolute atomic E-state index is 0.00877. The summed E-state index contributed by atoms with van der Waals surface area (Å²) in [5, 5.41) is 23.3. The highest BCUT2D eigenvalue weighted by molar-refractivity contribution is 5.76. The number of carbonyl (C=O) groups is 2. The maximum atomic E-state index is 12.5. The van der Waals surface area contributed by atoms with Crippen LogP contribution in [0.15, 0.2) is 48.6 Å². The second kappa shape index (κ2) is 73.3. The largest absolute Gasteiger partial charge is 0.466 e. The number of rotatable bonds is 71. The molecule has 0 radical (unpaired) electrons. The monoisotopic (exact) mass is 1180 g/mol. The number of unbranched alkanes of at least 4 members (excludes halogenated alkanes) is 54. The molecule has 2 atom stereocenters. The van der Waals surface area contributed by atoms with Gasteiger partial charge in [-0.05, 0) is 89.9 Å². The quantitative estimate of drug-likeness (QED) is 0.0320. The van der Waals surface area contributed by atoms with E-state index in [0.29, 0.717) is 19.4 Å². The molecule has 0 rings (SSSR count). The molecular weight excluding hydrogens is 1030 g/mol. The fraction of sp³-hybridized carbons (Fsp3) is 0.872. The summed E-state index contributed by atoms with van der Waals surface area (Å²) in [4.78, 5) is 24.6. The molecule has 0 heterocycles. The third kappa shape index (κ3) is 68.9. The molecule has 0 saturated heterocycles. The second-order valence-corrected chi connectivity index (χ2v) is 26.0. The molecule has 0 aliphatic heterocycles. The SMILES string of the molecule is CCCCCCCC/C=C\CCCCCCCCCC(=O)OCCCCCCCCCCC/C=C\C/C=C\CCCCCCCCCCCCCCCC(=O)NC(CO)C(O)/C=C/CCCCCCCCCCCCCCCCCCCCC. The number of esters is 1. The van der Waals surface area contributed by atoms with E-state index in [1.165, 1.54) is 334 Å². The first-order valence-corrected chi connectivity index (χ1v) is 37.9. The van der Waals surface area contributed by atoms with Gasteiger partial charge in [0, 0.05) is 12.8 Å². The van der Waals surface area contributed by atoms with Crippen LogP contribution < -0.4 is 5.32 Å². The van der Waals surface area contributed by atoms with Crippen LogP contribution in [0.1, 0.15) is 412 Å². The zero-order chi connectivity index (χ0) is 60.6. The fourth-order valence-electron chi connectivity index (χ4n) is 11.8. The first-order chi connectivity index (χ1) is 41.5. The number of nitrogens with one attached hydrogen (secondary N) is 1. The van der Waals surface area contributed by atoms with Gasteiger partial charge in [0.15, 0.2) is 0 Å². The predicted octanol–water partition coefficient (Wildman–Crippen LogP) is 24.8. The lowest BCUT2D eigenvalue weighted by molar-refractivity contribution is -0.143. The number of amides is 1. The molecule has 6 heteroatoms. The number of aliphatic hydroxyl groups excluding tert-OH is 2. The lowest BCUT2D eigenvalue weighted by Gasteiger charge is -2.20. The van der Waals surface area contributed by atoms with Gasteiger partial charge in [-0.2, -0.15) is 0 Å². The van der Waals surface area contributed by atoms with Crippen LogP contribution in [0.2, 0.25) is 0 Å². The molecule has 6 nitrogen and oxygen atoms in total. The number of carbonyl (C=O) groups excluding carboxylic acids is 2. The zero-order valence-corrected chi connectivity index (χ0v) is 56.6. The fourth-order valence-corrected chi connectivity index (χ4v) is 11.8. The summed E-state index contributed by atoms with van der Waals surface area (Å²) < 4.78 is 5.50. The molecule has 1 amide bonds. The van der Waals surface area contributed by atoms with E-state index < -0.39 is 12.1 Å². The highest BCUT2D eigenvalue weighted by atomic mass is 16.5. The van der Waals surface area contributed by atoms with Crippen LogP contribution in [0.5, 0.6) is 0 Å². The van der Waals surface area contributed by atoms with E-state index in [2.05, 4.69) is 55.6 Å². The van der Waals surface area contributed by atoms with Crippen molar-refractivity contribution in [1.82, 2.24) is 5.32 Å². The first kappa shape index (κ1) is 81.8. The first-order valence-electron chi connectivity index (χ1n) is 37.9. The van der Waals surface area contributed by atoms with Gasteiger partial charge in [0.25, 0.3) is 0 Å². The smallest absolute Gasteiger partial charge is 0.305 e. The van der Waals surface area contributed by atoms with Gasteiger partial charge in [0.05, 0.1) is 25.4 Å². The van der Waals surface area contributed by atoms with Crippen molar-refractivity contribution in [3.8, 4) is 0 Å². The molecular formula is C78H147NO5. The van der Waals surface area contributed by atoms with E-state index in [9.17, 15) is 19.8 Å². The van der Waals surface area contributed by atoms with Crippen molar-refractivity contribution in [3.63, 3.8) is 0 Å². The van der Waals surface area contributed by atoms with Crippen LogP contribution in [0.3, 0.4) is 0 Å². The number of ether oxygens (including phenoxy) is 1. The summed E-state index contributed by atoms with van der Waals surface area (Å²) in [5.41, 5.74) is 0. The highest BCUT2D eigenvalue weighted by Gasteiger charge is 2.18. The van der Waals surface area contributed by atoms with Crippen molar-refractivity contribution >= 4 is 11.9 Å². The normalized spacial score (nSPS) is 12.8. The number of aliphatic hydroxyl groups is 2. The van der Waals surface area contributed by atoms with Crippen LogP contribution >= 0.6 is 0 Å². The van der Waals surface area contributed by atoms with E-state index >= 15 is 0 Å². The highest BCUT2D eigenvalue weighted by Crippen LogP contribution is 2.19. The lowest BCUT2D eigenvalue weighted by Crippen LogP contribution is -2.45. The van der Waals surface area contributed by atoms with Crippen LogP contribution in [0, 0.1) is 0 Å². The Hall–Kier alpha value is -2.18. The Morgan fingerprint density at radius 1 is 0.333 bits per heavy atom. The standard InChI is InChI=1S/C78H147NO5/c1-3-5-7-9-11-13-15-17-19-21-22-32-35-39-42-46-50-54-58-62-66-70-76(81)75(74-80)79-77(82)71-67-63-59-55-51-47-43-40-36-33-30-28-26-24-23-25-27-29-31-34-37-41-45-49-53-57-61-65-69-73-84-78(83)72-68-64-60-56-52-48-44-38-20-18-16-14-12-10-8-6-4-2/h18,20,23,25,29,31,66,70,75-76,80-81H,3-17,19,21-22,24,26-28,30,32-65,67-69,71-74H2,1-2H3,(H,79,82)/b20-18-,25-23-,31-29-,70-66+. The molecule has 3 N–H and O–H groups in total. The van der Waals surface area contributed by atoms with Crippen LogP contribution in [-0.2, 0) is 14.3 Å². The average Bonchev–Trinajstić information content (AvgIpc) is 3.51. The number of hydrogen-bond acceptors (Lipinski definition) is 5. The third-order valence-corrected chi connectivity index (χ3v) is 17.6. The Kier molecular flexibility index (Phi) is 71.4. The van der Waals surface area contributed by atoms with Crippen molar-refractivity contribution in [2.45, 2.75) is 424 Å². The Labute approximate surface area is 525 Å². The third-order valence-electron chi connectivity index (χ3n) is 17.6. The molecule has 2 unspecified atom stereocenters. The molecule has 0 aromatic carbocycles. The van der Waals surface area contributed by atoms with Crippen molar-refractivity contribution in [1.29, 1.82) is 0 Å². The van der Waals surface area contributed by atoms with Gasteiger partial charge in [-0.1, -0.05) is 358 Å². The Morgan fingerprint density at radius 3 is 0.917 bits per heavy atom. The maximum absolute atomic E-state index is 12.5. The van der Waals surface area contributed by atoms with Crippen molar-refractivity contribution in [3.05, 3.63) is 48.6 Å². The summed E-state index contributed by atoms with van der Waals surface area (Å²) in [5.74, 6) is -0.0567. The topological polar surface area (TPSA) is 95.9 Å². The molecule has 0 aromatic heterocycles. The summed E-state index contributed by atoms with van der Waals surface area (Å²) in [7, 11) is 0. The van der Waals surface area contributed by atoms with Gasteiger partial charge < -0.3 is 20.3 Å². The molecule has 0 bridgehead atoms. The predicted molar refractivity (Wildman–Crippen MR) is 370 cm³/mol. The van der Waals surface area contributed by atoms with Gasteiger partial charge in [-0.15, -0.1) is 0 Å².